The molecule has 0 aliphatic rings. The predicted octanol–water partition coefficient (Wildman–Crippen LogP) is 8.32. The minimum atomic E-state index is -0.407. The van der Waals surface area contributed by atoms with Gasteiger partial charge < -0.3 is 21.3 Å². The van der Waals surface area contributed by atoms with Crippen molar-refractivity contribution in [1.82, 2.24) is 4.98 Å². The van der Waals surface area contributed by atoms with Crippen molar-refractivity contribution in [2.75, 3.05) is 21.3 Å². The lowest BCUT2D eigenvalue weighted by atomic mass is 10.1. The number of carbonyl (C=O) groups is 2. The largest absolute Gasteiger partial charge is 0.323 e. The molecule has 0 bridgehead atoms. The minimum absolute atomic E-state index is 0.407. The summed E-state index contributed by atoms with van der Waals surface area (Å²) in [5.41, 5.74) is 7.90. The Morgan fingerprint density at radius 3 is 1.20 bits per heavy atom. The van der Waals surface area contributed by atoms with E-state index in [1.54, 1.807) is 19.9 Å². The summed E-state index contributed by atoms with van der Waals surface area (Å²) in [6.07, 6.45) is 0. The van der Waals surface area contributed by atoms with Gasteiger partial charge in [0.05, 0.1) is 22.8 Å². The van der Waals surface area contributed by atoms with E-state index in [4.69, 9.17) is 0 Å². The highest BCUT2D eigenvalue weighted by molar-refractivity contribution is 6.03. The smallest absolute Gasteiger partial charge is 0.308 e. The highest BCUT2D eigenvalue weighted by Gasteiger charge is 2.12. The maximum atomic E-state index is 12.7. The predicted molar refractivity (Wildman–Crippen MR) is 163 cm³/mol. The van der Waals surface area contributed by atoms with Gasteiger partial charge in [0, 0.05) is 11.4 Å². The van der Waals surface area contributed by atoms with E-state index in [1.807, 2.05) is 109 Å². The monoisotopic (exact) mass is 527 g/mol. The number of nitrogens with zero attached hydrogens (tertiary/aromatic N) is 1. The zero-order chi connectivity index (χ0) is 27.9. The molecular formula is C33H29N5O2. The standard InChI is InChI=1S/C33H29N5O2/c1-22-30(37-32(39)35-28-17-13-26(14-18-28)24-9-5-3-6-10-24)21-31(23(2)34-22)38-33(40)36-29-19-15-27(16-20-29)25-11-7-4-8-12-25/h3-21H,1-2H3,(H2,35,37,39)(H2,36,38,40). The molecule has 4 N–H and O–H groups in total. The Labute approximate surface area is 233 Å². The summed E-state index contributed by atoms with van der Waals surface area (Å²) in [5, 5.41) is 11.4. The van der Waals surface area contributed by atoms with Crippen LogP contribution in [0.3, 0.4) is 0 Å². The summed E-state index contributed by atoms with van der Waals surface area (Å²) in [5.74, 6) is 0. The number of pyridine rings is 1. The second kappa shape index (κ2) is 12.0. The highest BCUT2D eigenvalue weighted by atomic mass is 16.2. The molecule has 4 aromatic carbocycles. The Kier molecular flexibility index (Phi) is 7.83. The number of benzene rings is 4. The number of hydrogen-bond donors (Lipinski definition) is 4. The van der Waals surface area contributed by atoms with Crippen LogP contribution < -0.4 is 21.3 Å². The molecule has 0 unspecified atom stereocenters. The van der Waals surface area contributed by atoms with E-state index < -0.39 is 12.1 Å². The summed E-state index contributed by atoms with van der Waals surface area (Å²) < 4.78 is 0. The van der Waals surface area contributed by atoms with Crippen molar-refractivity contribution in [2.45, 2.75) is 13.8 Å². The molecule has 4 amide bonds. The van der Waals surface area contributed by atoms with E-state index >= 15 is 0 Å². The summed E-state index contributed by atoms with van der Waals surface area (Å²) in [6, 6.07) is 36.2. The first-order chi connectivity index (χ1) is 19.4. The van der Waals surface area contributed by atoms with Crippen molar-refractivity contribution in [3.05, 3.63) is 127 Å². The number of aryl methyl sites for hydroxylation is 2. The average molecular weight is 528 g/mol. The first-order valence-electron chi connectivity index (χ1n) is 12.9. The maximum absolute atomic E-state index is 12.7. The Morgan fingerprint density at radius 1 is 0.475 bits per heavy atom. The normalized spacial score (nSPS) is 10.4. The van der Waals surface area contributed by atoms with Crippen molar-refractivity contribution < 1.29 is 9.59 Å². The Bertz CT molecular complexity index is 1500. The van der Waals surface area contributed by atoms with Gasteiger partial charge in [-0.1, -0.05) is 84.9 Å². The Morgan fingerprint density at radius 2 is 0.825 bits per heavy atom. The summed E-state index contributed by atoms with van der Waals surface area (Å²) >= 11 is 0. The van der Waals surface area contributed by atoms with E-state index in [-0.39, 0.29) is 0 Å². The fraction of sp³-hybridized carbons (Fsp3) is 0.0606. The quantitative estimate of drug-likeness (QED) is 0.179. The van der Waals surface area contributed by atoms with Crippen molar-refractivity contribution in [2.24, 2.45) is 0 Å². The molecule has 198 valence electrons. The second-order valence-electron chi connectivity index (χ2n) is 9.30. The number of carbonyl (C=O) groups excluding carboxylic acids is 2. The minimum Gasteiger partial charge on any atom is -0.308 e. The lowest BCUT2D eigenvalue weighted by Gasteiger charge is -2.15. The van der Waals surface area contributed by atoms with Gasteiger partial charge >= 0.3 is 12.1 Å². The van der Waals surface area contributed by atoms with Crippen molar-refractivity contribution in [3.63, 3.8) is 0 Å². The molecule has 0 spiro atoms. The molecule has 7 nitrogen and oxygen atoms in total. The van der Waals surface area contributed by atoms with Gasteiger partial charge in [-0.15, -0.1) is 0 Å². The molecule has 0 saturated carbocycles. The molecule has 0 fully saturated rings. The fourth-order valence-electron chi connectivity index (χ4n) is 4.30. The first kappa shape index (κ1) is 26.2. The topological polar surface area (TPSA) is 95.2 Å². The van der Waals surface area contributed by atoms with E-state index in [0.29, 0.717) is 34.1 Å². The van der Waals surface area contributed by atoms with Crippen LogP contribution >= 0.6 is 0 Å². The summed E-state index contributed by atoms with van der Waals surface area (Å²) in [6.45, 7) is 3.60. The van der Waals surface area contributed by atoms with Gasteiger partial charge in [0.15, 0.2) is 0 Å². The molecule has 1 aromatic heterocycles. The number of amides is 4. The van der Waals surface area contributed by atoms with E-state index in [2.05, 4.69) is 26.3 Å². The number of anilines is 4. The summed E-state index contributed by atoms with van der Waals surface area (Å²) in [7, 11) is 0. The molecule has 0 radical (unpaired) electrons. The lowest BCUT2D eigenvalue weighted by Crippen LogP contribution is -2.22. The van der Waals surface area contributed by atoms with Gasteiger partial charge in [0.2, 0.25) is 0 Å². The SMILES string of the molecule is Cc1nc(C)c(NC(=O)Nc2ccc(-c3ccccc3)cc2)cc1NC(=O)Nc1ccc(-c2ccccc2)cc1. The fourth-order valence-corrected chi connectivity index (χ4v) is 4.30. The highest BCUT2D eigenvalue weighted by Crippen LogP contribution is 2.25. The van der Waals surface area contributed by atoms with Crippen LogP contribution in [0.15, 0.2) is 115 Å². The average Bonchev–Trinajstić information content (AvgIpc) is 2.97. The van der Waals surface area contributed by atoms with Crippen LogP contribution in [-0.4, -0.2) is 17.0 Å². The van der Waals surface area contributed by atoms with Gasteiger partial charge in [-0.05, 0) is 66.4 Å². The van der Waals surface area contributed by atoms with Gasteiger partial charge in [0.1, 0.15) is 0 Å². The number of hydrogen-bond acceptors (Lipinski definition) is 3. The molecule has 5 aromatic rings. The van der Waals surface area contributed by atoms with Crippen LogP contribution in [0.5, 0.6) is 0 Å². The number of nitrogens with one attached hydrogen (secondary N) is 4. The Hall–Kier alpha value is -5.43. The van der Waals surface area contributed by atoms with E-state index in [9.17, 15) is 9.59 Å². The molecule has 1 heterocycles. The molecule has 0 aliphatic carbocycles. The van der Waals surface area contributed by atoms with Crippen LogP contribution in [-0.2, 0) is 0 Å². The number of rotatable bonds is 6. The molecule has 5 rings (SSSR count). The van der Waals surface area contributed by atoms with Crippen molar-refractivity contribution in [3.8, 4) is 22.3 Å². The molecule has 0 aliphatic heterocycles. The number of aromatic nitrogens is 1. The third-order valence-corrected chi connectivity index (χ3v) is 6.40. The van der Waals surface area contributed by atoms with Crippen LogP contribution in [0.2, 0.25) is 0 Å². The van der Waals surface area contributed by atoms with E-state index in [0.717, 1.165) is 22.3 Å². The van der Waals surface area contributed by atoms with Crippen LogP contribution in [0, 0.1) is 13.8 Å². The molecular weight excluding hydrogens is 498 g/mol. The first-order valence-corrected chi connectivity index (χ1v) is 12.9. The zero-order valence-corrected chi connectivity index (χ0v) is 22.2. The molecule has 0 saturated heterocycles. The zero-order valence-electron chi connectivity index (χ0n) is 22.2. The van der Waals surface area contributed by atoms with Gasteiger partial charge in [-0.25, -0.2) is 9.59 Å². The molecule has 0 atom stereocenters. The lowest BCUT2D eigenvalue weighted by molar-refractivity contribution is 0.261. The van der Waals surface area contributed by atoms with Crippen LogP contribution in [0.1, 0.15) is 11.4 Å². The second-order valence-corrected chi connectivity index (χ2v) is 9.30. The molecule has 7 heteroatoms. The van der Waals surface area contributed by atoms with Crippen molar-refractivity contribution >= 4 is 34.8 Å². The van der Waals surface area contributed by atoms with E-state index in [1.165, 1.54) is 0 Å². The Balaban J connectivity index is 1.20. The number of urea groups is 2. The summed E-state index contributed by atoms with van der Waals surface area (Å²) in [4.78, 5) is 30.0. The van der Waals surface area contributed by atoms with Gasteiger partial charge in [-0.3, -0.25) is 4.98 Å². The third kappa shape index (κ3) is 6.52. The maximum Gasteiger partial charge on any atom is 0.323 e. The van der Waals surface area contributed by atoms with Crippen LogP contribution in [0.25, 0.3) is 22.3 Å². The molecule has 40 heavy (non-hydrogen) atoms. The van der Waals surface area contributed by atoms with Crippen LogP contribution in [0.4, 0.5) is 32.3 Å². The van der Waals surface area contributed by atoms with Gasteiger partial charge in [-0.2, -0.15) is 0 Å². The third-order valence-electron chi connectivity index (χ3n) is 6.40. The van der Waals surface area contributed by atoms with Crippen molar-refractivity contribution in [1.29, 1.82) is 0 Å². The van der Waals surface area contributed by atoms with Gasteiger partial charge in [0.25, 0.3) is 0 Å².